The first-order chi connectivity index (χ1) is 45.7. The van der Waals surface area contributed by atoms with E-state index in [1.54, 1.807) is 0 Å². The number of esters is 4. The van der Waals surface area contributed by atoms with Crippen molar-refractivity contribution in [2.24, 2.45) is 0 Å². The van der Waals surface area contributed by atoms with Gasteiger partial charge in [0.15, 0.2) is 12.2 Å². The van der Waals surface area contributed by atoms with E-state index in [2.05, 4.69) is 113 Å². The van der Waals surface area contributed by atoms with Crippen molar-refractivity contribution in [1.82, 2.24) is 0 Å². The Morgan fingerprint density at radius 2 is 0.564 bits per heavy atom. The molecule has 0 aromatic carbocycles. The van der Waals surface area contributed by atoms with Crippen LogP contribution in [-0.4, -0.2) is 96.7 Å². The number of hydrogen-bond acceptors (Lipinski definition) is 15. The summed E-state index contributed by atoms with van der Waals surface area (Å²) in [5.74, 6) is -2.25. The molecule has 0 bridgehead atoms. The Kier molecular flexibility index (Phi) is 64.7. The first-order valence-corrected chi connectivity index (χ1v) is 39.5. The standard InChI is InChI=1S/C75H130O17P2/c1-5-9-13-17-21-25-29-31-33-34-36-38-42-44-48-52-56-60-73(78)86-66-71(92-75(80)62-58-54-50-46-40-28-24-20-16-12-8-4)68-90-94(83,84)88-64-69(76)63-87-93(81,82)89-67-70(91-74(79)61-57-53-49-45-39-27-23-19-15-11-7-3)65-85-72(77)59-55-51-47-43-41-37-35-32-30-26-22-18-14-10-6-2/h9-10,13-14,21-22,25-26,31-33,35-36,38,44,48,69-71,76H,5-8,11-12,15-20,23-24,27-30,34,37,39-43,45-47,49-68H2,1-4H3,(H,81,82)(H,83,84)/b13-9-,14-10-,25-21-,26-22-,33-31-,35-32-,38-36-,48-44-. The lowest BCUT2D eigenvalue weighted by atomic mass is 10.1. The Labute approximate surface area is 569 Å². The molecule has 19 heteroatoms. The van der Waals surface area contributed by atoms with E-state index in [1.807, 2.05) is 12.2 Å². The Morgan fingerprint density at radius 3 is 0.894 bits per heavy atom. The molecule has 0 saturated carbocycles. The number of phosphoric ester groups is 2. The van der Waals surface area contributed by atoms with Crippen molar-refractivity contribution in [2.45, 2.75) is 316 Å². The maximum Gasteiger partial charge on any atom is 0.472 e. The minimum atomic E-state index is -4.98. The van der Waals surface area contributed by atoms with E-state index in [0.29, 0.717) is 32.1 Å². The maximum atomic E-state index is 13.0. The third-order valence-electron chi connectivity index (χ3n) is 15.1. The Balaban J connectivity index is 5.34. The predicted molar refractivity (Wildman–Crippen MR) is 381 cm³/mol. The van der Waals surface area contributed by atoms with Crippen LogP contribution in [0.25, 0.3) is 0 Å². The molecular weight excluding hydrogens is 1230 g/mol. The Bertz CT molecular complexity index is 2170. The number of aliphatic hydroxyl groups is 1. The average Bonchev–Trinajstić information content (AvgIpc) is 1.32. The number of carbonyl (C=O) groups is 4. The van der Waals surface area contributed by atoms with Crippen LogP contribution < -0.4 is 0 Å². The monoisotopic (exact) mass is 1360 g/mol. The lowest BCUT2D eigenvalue weighted by Crippen LogP contribution is -2.30. The number of unbranched alkanes of at least 4 members (excludes halogenated alkanes) is 26. The van der Waals surface area contributed by atoms with E-state index < -0.39 is 97.5 Å². The Morgan fingerprint density at radius 1 is 0.309 bits per heavy atom. The normalized spacial score (nSPS) is 14.6. The van der Waals surface area contributed by atoms with Crippen LogP contribution in [0.4, 0.5) is 0 Å². The highest BCUT2D eigenvalue weighted by Crippen LogP contribution is 2.45. The molecule has 0 rings (SSSR count). The largest absolute Gasteiger partial charge is 0.472 e. The van der Waals surface area contributed by atoms with Crippen molar-refractivity contribution in [3.05, 3.63) is 97.2 Å². The summed E-state index contributed by atoms with van der Waals surface area (Å²) in [4.78, 5) is 72.6. The maximum absolute atomic E-state index is 13.0. The van der Waals surface area contributed by atoms with E-state index in [1.165, 1.54) is 77.0 Å². The van der Waals surface area contributed by atoms with Gasteiger partial charge in [0.2, 0.25) is 0 Å². The minimum absolute atomic E-state index is 0.0848. The third kappa shape index (κ3) is 66.6. The molecule has 0 aromatic heterocycles. The summed E-state index contributed by atoms with van der Waals surface area (Å²) >= 11 is 0. The van der Waals surface area contributed by atoms with Crippen LogP contribution in [-0.2, 0) is 65.4 Å². The lowest BCUT2D eigenvalue weighted by molar-refractivity contribution is -0.161. The van der Waals surface area contributed by atoms with E-state index in [9.17, 15) is 43.2 Å². The van der Waals surface area contributed by atoms with Crippen molar-refractivity contribution in [3.8, 4) is 0 Å². The fourth-order valence-corrected chi connectivity index (χ4v) is 11.1. The van der Waals surface area contributed by atoms with Crippen molar-refractivity contribution >= 4 is 39.5 Å². The van der Waals surface area contributed by atoms with Gasteiger partial charge in [0.25, 0.3) is 0 Å². The van der Waals surface area contributed by atoms with Crippen LogP contribution in [0, 0.1) is 0 Å². The molecule has 0 fully saturated rings. The number of rotatable bonds is 68. The van der Waals surface area contributed by atoms with Gasteiger partial charge in [-0.1, -0.05) is 273 Å². The number of aliphatic hydroxyl groups excluding tert-OH is 1. The van der Waals surface area contributed by atoms with Gasteiger partial charge in [-0.2, -0.15) is 0 Å². The molecule has 3 N–H and O–H groups in total. The zero-order valence-corrected chi connectivity index (χ0v) is 60.7. The highest BCUT2D eigenvalue weighted by molar-refractivity contribution is 7.47. The van der Waals surface area contributed by atoms with Crippen molar-refractivity contribution in [2.75, 3.05) is 39.6 Å². The zero-order chi connectivity index (χ0) is 69.0. The number of allylic oxidation sites excluding steroid dienone is 16. The molecule has 17 nitrogen and oxygen atoms in total. The molecule has 542 valence electrons. The summed E-state index contributed by atoms with van der Waals surface area (Å²) in [6.45, 7) is 4.55. The molecule has 0 aliphatic carbocycles. The number of carbonyl (C=O) groups excluding carboxylic acids is 4. The zero-order valence-electron chi connectivity index (χ0n) is 58.9. The van der Waals surface area contributed by atoms with E-state index in [4.69, 9.17) is 37.0 Å². The summed E-state index contributed by atoms with van der Waals surface area (Å²) in [7, 11) is -9.95. The molecule has 0 spiro atoms. The summed E-state index contributed by atoms with van der Waals surface area (Å²) in [5.41, 5.74) is 0. The van der Waals surface area contributed by atoms with Crippen LogP contribution >= 0.6 is 15.6 Å². The van der Waals surface area contributed by atoms with Gasteiger partial charge in [-0.05, 0) is 96.3 Å². The molecule has 5 atom stereocenters. The van der Waals surface area contributed by atoms with Gasteiger partial charge in [0.1, 0.15) is 19.3 Å². The number of phosphoric acid groups is 2. The quantitative estimate of drug-likeness (QED) is 0.0169. The minimum Gasteiger partial charge on any atom is -0.462 e. The van der Waals surface area contributed by atoms with Crippen LogP contribution in [0.15, 0.2) is 97.2 Å². The van der Waals surface area contributed by atoms with Crippen molar-refractivity contribution in [1.29, 1.82) is 0 Å². The van der Waals surface area contributed by atoms with E-state index in [0.717, 1.165) is 135 Å². The summed E-state index contributed by atoms with van der Waals surface area (Å²) in [5, 5.41) is 10.6. The van der Waals surface area contributed by atoms with Crippen LogP contribution in [0.1, 0.15) is 297 Å². The van der Waals surface area contributed by atoms with Gasteiger partial charge in [0.05, 0.1) is 26.4 Å². The molecule has 5 unspecified atom stereocenters. The van der Waals surface area contributed by atoms with Crippen molar-refractivity contribution in [3.63, 3.8) is 0 Å². The van der Waals surface area contributed by atoms with E-state index >= 15 is 0 Å². The third-order valence-corrected chi connectivity index (χ3v) is 17.0. The molecule has 0 saturated heterocycles. The highest BCUT2D eigenvalue weighted by Gasteiger charge is 2.30. The molecule has 0 aliphatic rings. The molecule has 0 amide bonds. The topological polar surface area (TPSA) is 237 Å². The second-order valence-corrected chi connectivity index (χ2v) is 27.0. The first kappa shape index (κ1) is 90.0. The number of ether oxygens (including phenoxy) is 4. The summed E-state index contributed by atoms with van der Waals surface area (Å²) < 4.78 is 68.2. The molecule has 0 aromatic rings. The van der Waals surface area contributed by atoms with Gasteiger partial charge in [-0.15, -0.1) is 0 Å². The number of hydrogen-bond donors (Lipinski definition) is 3. The first-order valence-electron chi connectivity index (χ1n) is 36.5. The summed E-state index contributed by atoms with van der Waals surface area (Å²) in [6.07, 6.45) is 68.5. The van der Waals surface area contributed by atoms with Gasteiger partial charge < -0.3 is 33.8 Å². The summed E-state index contributed by atoms with van der Waals surface area (Å²) in [6, 6.07) is 0. The second kappa shape index (κ2) is 67.5. The van der Waals surface area contributed by atoms with Gasteiger partial charge >= 0.3 is 39.5 Å². The predicted octanol–water partition coefficient (Wildman–Crippen LogP) is 20.4. The van der Waals surface area contributed by atoms with Crippen LogP contribution in [0.2, 0.25) is 0 Å². The Hall–Kier alpha value is -4.02. The SMILES string of the molecule is CC/C=C\C/C=C\C/C=C\C/C=C\C/C=C\CCCC(=O)OCC(COP(=O)(O)OCC(O)COP(=O)(O)OCC(COC(=O)CCCCCCC/C=C\C/C=C\C/C=C\CC)OC(=O)CCCCCCCCCCCCC)OC(=O)CCCCCCCCCCCCC. The molecular formula is C75H130O17P2. The van der Waals surface area contributed by atoms with Gasteiger partial charge in [-0.25, -0.2) is 9.13 Å². The fourth-order valence-electron chi connectivity index (χ4n) is 9.56. The van der Waals surface area contributed by atoms with Crippen molar-refractivity contribution < 1.29 is 80.2 Å². The fraction of sp³-hybridized carbons (Fsp3) is 0.733. The second-order valence-electron chi connectivity index (χ2n) is 24.1. The van der Waals surface area contributed by atoms with Gasteiger partial charge in [0, 0.05) is 25.7 Å². The smallest absolute Gasteiger partial charge is 0.462 e. The van der Waals surface area contributed by atoms with Crippen LogP contribution in [0.5, 0.6) is 0 Å². The van der Waals surface area contributed by atoms with E-state index in [-0.39, 0.29) is 25.7 Å². The lowest BCUT2D eigenvalue weighted by Gasteiger charge is -2.21. The van der Waals surface area contributed by atoms with Crippen LogP contribution in [0.3, 0.4) is 0 Å². The molecule has 0 heterocycles. The molecule has 0 radical (unpaired) electrons. The average molecular weight is 1370 g/mol. The molecule has 94 heavy (non-hydrogen) atoms. The highest BCUT2D eigenvalue weighted by atomic mass is 31.2. The van der Waals surface area contributed by atoms with Gasteiger partial charge in [-0.3, -0.25) is 37.3 Å². The molecule has 0 aliphatic heterocycles.